The number of likely N-dealkylation sites (tertiary alicyclic amines) is 1. The van der Waals surface area contributed by atoms with E-state index in [1.807, 2.05) is 0 Å². The molecule has 4 nitrogen and oxygen atoms in total. The highest BCUT2D eigenvalue weighted by Crippen LogP contribution is 2.19. The summed E-state index contributed by atoms with van der Waals surface area (Å²) in [5, 5.41) is 8.92. The van der Waals surface area contributed by atoms with Crippen molar-refractivity contribution in [2.45, 2.75) is 18.6 Å². The lowest BCUT2D eigenvalue weighted by molar-refractivity contribution is -0.145. The molecule has 0 aromatic heterocycles. The third-order valence-corrected chi connectivity index (χ3v) is 4.59. The van der Waals surface area contributed by atoms with Crippen molar-refractivity contribution in [1.82, 2.24) is 4.90 Å². The maximum absolute atomic E-state index is 12.8. The Hall–Kier alpha value is -1.56. The molecule has 0 atom stereocenters. The molecule has 2 rings (SSSR count). The van der Waals surface area contributed by atoms with Gasteiger partial charge in [-0.2, -0.15) is 0 Å². The molecule has 1 saturated heterocycles. The average Bonchev–Trinajstić information content (AvgIpc) is 2.49. The maximum Gasteiger partial charge on any atom is 0.306 e. The van der Waals surface area contributed by atoms with Crippen molar-refractivity contribution in [2.24, 2.45) is 5.92 Å². The smallest absolute Gasteiger partial charge is 0.306 e. The zero-order chi connectivity index (χ0) is 15.2. The molecule has 114 valence electrons. The van der Waals surface area contributed by atoms with Gasteiger partial charge in [0.15, 0.2) is 0 Å². The van der Waals surface area contributed by atoms with E-state index in [-0.39, 0.29) is 17.6 Å². The van der Waals surface area contributed by atoms with Gasteiger partial charge in [-0.1, -0.05) is 12.1 Å². The van der Waals surface area contributed by atoms with Gasteiger partial charge < -0.3 is 10.0 Å². The van der Waals surface area contributed by atoms with Crippen molar-refractivity contribution < 1.29 is 19.1 Å². The summed E-state index contributed by atoms with van der Waals surface area (Å²) in [6.07, 6.45) is 1.06. The minimum absolute atomic E-state index is 0.0472. The number of carbonyl (C=O) groups is 2. The molecule has 0 bridgehead atoms. The van der Waals surface area contributed by atoms with Gasteiger partial charge in [-0.3, -0.25) is 9.59 Å². The van der Waals surface area contributed by atoms with Crippen LogP contribution in [0.3, 0.4) is 0 Å². The first-order chi connectivity index (χ1) is 10.1. The van der Waals surface area contributed by atoms with Crippen molar-refractivity contribution >= 4 is 23.6 Å². The fourth-order valence-corrected chi connectivity index (χ4v) is 3.19. The Morgan fingerprint density at radius 2 is 1.86 bits per heavy atom. The average molecular weight is 311 g/mol. The number of piperidine rings is 1. The van der Waals surface area contributed by atoms with Crippen LogP contribution in [0.15, 0.2) is 24.3 Å². The van der Waals surface area contributed by atoms with Crippen molar-refractivity contribution in [3.05, 3.63) is 35.6 Å². The molecule has 1 aromatic rings. The minimum atomic E-state index is -0.771. The van der Waals surface area contributed by atoms with Crippen molar-refractivity contribution in [3.63, 3.8) is 0 Å². The van der Waals surface area contributed by atoms with E-state index in [9.17, 15) is 14.0 Å². The fraction of sp³-hybridized carbons (Fsp3) is 0.467. The van der Waals surface area contributed by atoms with Crippen LogP contribution in [0, 0.1) is 11.7 Å². The molecular formula is C15H18FNO3S. The molecule has 1 N–H and O–H groups in total. The number of hydrogen-bond donors (Lipinski definition) is 1. The Kier molecular flexibility index (Phi) is 5.61. The molecular weight excluding hydrogens is 293 g/mol. The summed E-state index contributed by atoms with van der Waals surface area (Å²) in [7, 11) is 0. The molecule has 0 unspecified atom stereocenters. The summed E-state index contributed by atoms with van der Waals surface area (Å²) in [6, 6.07) is 6.25. The van der Waals surface area contributed by atoms with E-state index in [0.717, 1.165) is 5.56 Å². The van der Waals surface area contributed by atoms with E-state index in [1.165, 1.54) is 23.9 Å². The first-order valence-electron chi connectivity index (χ1n) is 6.89. The van der Waals surface area contributed by atoms with Crippen LogP contribution < -0.4 is 0 Å². The zero-order valence-electron chi connectivity index (χ0n) is 11.6. The lowest BCUT2D eigenvalue weighted by Gasteiger charge is -2.30. The van der Waals surface area contributed by atoms with Crippen LogP contribution in [-0.4, -0.2) is 40.7 Å². The summed E-state index contributed by atoms with van der Waals surface area (Å²) < 4.78 is 12.8. The molecule has 0 aliphatic carbocycles. The molecule has 0 saturated carbocycles. The largest absolute Gasteiger partial charge is 0.481 e. The molecule has 1 heterocycles. The summed E-state index contributed by atoms with van der Waals surface area (Å²) in [4.78, 5) is 24.6. The number of nitrogens with zero attached hydrogens (tertiary/aromatic N) is 1. The van der Waals surface area contributed by atoms with Gasteiger partial charge in [-0.15, -0.1) is 11.8 Å². The van der Waals surface area contributed by atoms with E-state index in [4.69, 9.17) is 5.11 Å². The highest BCUT2D eigenvalue weighted by atomic mass is 32.2. The number of amides is 1. The molecule has 6 heteroatoms. The van der Waals surface area contributed by atoms with Gasteiger partial charge >= 0.3 is 5.97 Å². The van der Waals surface area contributed by atoms with E-state index in [1.54, 1.807) is 17.0 Å². The number of benzene rings is 1. The molecule has 1 fully saturated rings. The Morgan fingerprint density at radius 3 is 2.43 bits per heavy atom. The minimum Gasteiger partial charge on any atom is -0.481 e. The normalized spacial score (nSPS) is 16.0. The summed E-state index contributed by atoms with van der Waals surface area (Å²) in [6.45, 7) is 1.04. The van der Waals surface area contributed by atoms with Crippen LogP contribution >= 0.6 is 11.8 Å². The van der Waals surface area contributed by atoms with E-state index < -0.39 is 5.97 Å². The first kappa shape index (κ1) is 15.8. The van der Waals surface area contributed by atoms with E-state index in [2.05, 4.69) is 0 Å². The SMILES string of the molecule is O=C(O)C1CCN(C(=O)CSCc2ccc(F)cc2)CC1. The molecule has 21 heavy (non-hydrogen) atoms. The lowest BCUT2D eigenvalue weighted by Crippen LogP contribution is -2.41. The fourth-order valence-electron chi connectivity index (χ4n) is 2.30. The summed E-state index contributed by atoms with van der Waals surface area (Å²) >= 11 is 1.49. The molecule has 1 amide bonds. The van der Waals surface area contributed by atoms with E-state index >= 15 is 0 Å². The third-order valence-electron chi connectivity index (χ3n) is 3.60. The Bertz CT molecular complexity index is 498. The van der Waals surface area contributed by atoms with Gasteiger partial charge in [0.1, 0.15) is 5.82 Å². The monoisotopic (exact) mass is 311 g/mol. The van der Waals surface area contributed by atoms with Crippen LogP contribution in [0.1, 0.15) is 18.4 Å². The molecule has 0 radical (unpaired) electrons. The van der Waals surface area contributed by atoms with E-state index in [0.29, 0.717) is 37.4 Å². The number of hydrogen-bond acceptors (Lipinski definition) is 3. The quantitative estimate of drug-likeness (QED) is 0.907. The predicted octanol–water partition coefficient (Wildman–Crippen LogP) is 2.38. The molecule has 1 aliphatic heterocycles. The second-order valence-electron chi connectivity index (χ2n) is 5.11. The highest BCUT2D eigenvalue weighted by molar-refractivity contribution is 7.99. The number of thioether (sulfide) groups is 1. The predicted molar refractivity (Wildman–Crippen MR) is 79.5 cm³/mol. The highest BCUT2D eigenvalue weighted by Gasteiger charge is 2.26. The third kappa shape index (κ3) is 4.74. The Morgan fingerprint density at radius 1 is 1.24 bits per heavy atom. The lowest BCUT2D eigenvalue weighted by atomic mass is 9.97. The Balaban J connectivity index is 1.70. The van der Waals surface area contributed by atoms with Gasteiger partial charge in [0, 0.05) is 18.8 Å². The number of carboxylic acid groups (broad SMARTS) is 1. The zero-order valence-corrected chi connectivity index (χ0v) is 12.4. The van der Waals surface area contributed by atoms with Crippen molar-refractivity contribution in [1.29, 1.82) is 0 Å². The van der Waals surface area contributed by atoms with Crippen LogP contribution in [0.5, 0.6) is 0 Å². The summed E-state index contributed by atoms with van der Waals surface area (Å²) in [5.41, 5.74) is 0.985. The number of halogens is 1. The molecule has 0 spiro atoms. The van der Waals surface area contributed by atoms with Gasteiger partial charge in [0.05, 0.1) is 11.7 Å². The standard InChI is InChI=1S/C15H18FNO3S/c16-13-3-1-11(2-4-13)9-21-10-14(18)17-7-5-12(6-8-17)15(19)20/h1-4,12H,5-10H2,(H,19,20). The molecule has 1 aromatic carbocycles. The van der Waals surface area contributed by atoms with Crippen LogP contribution in [0.4, 0.5) is 4.39 Å². The van der Waals surface area contributed by atoms with Gasteiger partial charge in [-0.05, 0) is 30.5 Å². The summed E-state index contributed by atoms with van der Waals surface area (Å²) in [5.74, 6) is -0.270. The van der Waals surface area contributed by atoms with Crippen molar-refractivity contribution in [3.8, 4) is 0 Å². The van der Waals surface area contributed by atoms with Gasteiger partial charge in [0.2, 0.25) is 5.91 Å². The molecule has 1 aliphatic rings. The number of rotatable bonds is 5. The second kappa shape index (κ2) is 7.45. The Labute approximate surface area is 127 Å². The van der Waals surface area contributed by atoms with Gasteiger partial charge in [-0.25, -0.2) is 4.39 Å². The second-order valence-corrected chi connectivity index (χ2v) is 6.10. The van der Waals surface area contributed by atoms with Gasteiger partial charge in [0.25, 0.3) is 0 Å². The number of aliphatic carboxylic acids is 1. The van der Waals surface area contributed by atoms with Crippen LogP contribution in [0.25, 0.3) is 0 Å². The maximum atomic E-state index is 12.8. The van der Waals surface area contributed by atoms with Crippen LogP contribution in [-0.2, 0) is 15.3 Å². The first-order valence-corrected chi connectivity index (χ1v) is 8.04. The van der Waals surface area contributed by atoms with Crippen LogP contribution in [0.2, 0.25) is 0 Å². The number of carbonyl (C=O) groups excluding carboxylic acids is 1. The number of carboxylic acids is 1. The van der Waals surface area contributed by atoms with Crippen molar-refractivity contribution in [2.75, 3.05) is 18.8 Å². The topological polar surface area (TPSA) is 57.6 Å².